The molecule has 12 rings (SSSR count). The Hall–Kier alpha value is -7.66. The third-order valence-electron chi connectivity index (χ3n) is 11.0. The first-order valence-electron chi connectivity index (χ1n) is 19.5. The zero-order chi connectivity index (χ0) is 39.6. The molecule has 0 bridgehead atoms. The van der Waals surface area contributed by atoms with E-state index in [0.717, 1.165) is 109 Å². The van der Waals surface area contributed by atoms with Crippen LogP contribution in [0.2, 0.25) is 0 Å². The quantitative estimate of drug-likeness (QED) is 0.159. The van der Waals surface area contributed by atoms with Crippen LogP contribution in [-0.4, -0.2) is 39.0 Å². The lowest BCUT2D eigenvalue weighted by atomic mass is 9.96. The number of nitrogens with zero attached hydrogens (tertiary/aromatic N) is 8. The van der Waals surface area contributed by atoms with Gasteiger partial charge in [0, 0.05) is 46.7 Å². The standard InChI is InChI=1S/C50H30N8S2/c1-3-13-35(39-15-5-7-23-51-39)33(11-1)31-19-21-41-37(27-31)47-43(17-9-25-53-47)57(41)45-29-55-49(59-45)50-56-30-46(60-50)58-42-22-20-32(28-38(42)48-44(58)18-10-26-54-48)34-12-2-4-14-36(34)40-16-6-8-24-52-40/h1-30H. The fraction of sp³-hybridized carbons (Fsp3) is 0. The summed E-state index contributed by atoms with van der Waals surface area (Å²) < 4.78 is 4.54. The van der Waals surface area contributed by atoms with Gasteiger partial charge in [0.15, 0.2) is 10.0 Å². The van der Waals surface area contributed by atoms with E-state index in [0.29, 0.717) is 0 Å². The Morgan fingerprint density at radius 2 is 0.783 bits per heavy atom. The number of aromatic nitrogens is 8. The van der Waals surface area contributed by atoms with Crippen molar-refractivity contribution in [3.05, 3.63) is 183 Å². The number of hydrogen-bond donors (Lipinski definition) is 0. The van der Waals surface area contributed by atoms with Crippen LogP contribution in [0.25, 0.3) is 109 Å². The molecule has 282 valence electrons. The first-order chi connectivity index (χ1) is 29.8. The van der Waals surface area contributed by atoms with Crippen LogP contribution in [0.4, 0.5) is 0 Å². The SMILES string of the molecule is c1ccc(-c2ccccc2-c2ccc3c(c2)c2ncccc2n3-c2cnc(-c3ncc(-n4c5ccc(-c6ccccc6-c6ccccn6)cc5c5ncccc54)s3)s2)nc1. The van der Waals surface area contributed by atoms with E-state index in [2.05, 4.69) is 128 Å². The third kappa shape index (κ3) is 5.57. The van der Waals surface area contributed by atoms with Crippen molar-refractivity contribution >= 4 is 66.5 Å². The van der Waals surface area contributed by atoms with Gasteiger partial charge in [-0.25, -0.2) is 9.97 Å². The minimum absolute atomic E-state index is 0.855. The lowest BCUT2D eigenvalue weighted by Gasteiger charge is -2.10. The minimum Gasteiger partial charge on any atom is -0.298 e. The van der Waals surface area contributed by atoms with E-state index in [9.17, 15) is 0 Å². The molecular formula is C50H30N8S2. The second kappa shape index (κ2) is 14.0. The van der Waals surface area contributed by atoms with Crippen LogP contribution in [0.5, 0.6) is 0 Å². The summed E-state index contributed by atoms with van der Waals surface area (Å²) in [5.41, 5.74) is 14.6. The van der Waals surface area contributed by atoms with Crippen LogP contribution >= 0.6 is 22.7 Å². The summed E-state index contributed by atoms with van der Waals surface area (Å²) in [4.78, 5) is 29.0. The maximum Gasteiger partial charge on any atom is 0.154 e. The van der Waals surface area contributed by atoms with E-state index >= 15 is 0 Å². The highest BCUT2D eigenvalue weighted by atomic mass is 32.1. The maximum absolute atomic E-state index is 4.96. The Balaban J connectivity index is 0.928. The zero-order valence-electron chi connectivity index (χ0n) is 31.7. The molecule has 0 amide bonds. The molecule has 12 aromatic rings. The molecule has 0 aliphatic carbocycles. The smallest absolute Gasteiger partial charge is 0.154 e. The minimum atomic E-state index is 0.855. The summed E-state index contributed by atoms with van der Waals surface area (Å²) in [5.74, 6) is 0. The monoisotopic (exact) mass is 806 g/mol. The van der Waals surface area contributed by atoms with Crippen molar-refractivity contribution in [3.8, 4) is 64.8 Å². The first-order valence-corrected chi connectivity index (χ1v) is 21.1. The number of thiazole rings is 2. The molecule has 0 atom stereocenters. The van der Waals surface area contributed by atoms with Gasteiger partial charge in [0.1, 0.15) is 10.0 Å². The molecule has 8 aromatic heterocycles. The van der Waals surface area contributed by atoms with Gasteiger partial charge in [-0.1, -0.05) is 95.5 Å². The second-order valence-electron chi connectivity index (χ2n) is 14.4. The van der Waals surface area contributed by atoms with E-state index in [1.165, 1.54) is 0 Å². The molecule has 0 fully saturated rings. The summed E-state index contributed by atoms with van der Waals surface area (Å²) >= 11 is 3.26. The van der Waals surface area contributed by atoms with Crippen molar-refractivity contribution in [2.24, 2.45) is 0 Å². The van der Waals surface area contributed by atoms with Crippen molar-refractivity contribution in [2.45, 2.75) is 0 Å². The Labute approximate surface area is 351 Å². The predicted octanol–water partition coefficient (Wildman–Crippen LogP) is 12.7. The predicted molar refractivity (Wildman–Crippen MR) is 245 cm³/mol. The summed E-state index contributed by atoms with van der Waals surface area (Å²) in [5, 5.41) is 5.86. The molecule has 0 aliphatic rings. The van der Waals surface area contributed by atoms with Crippen molar-refractivity contribution in [3.63, 3.8) is 0 Å². The molecule has 0 N–H and O–H groups in total. The largest absolute Gasteiger partial charge is 0.298 e. The van der Waals surface area contributed by atoms with Crippen LogP contribution in [0.3, 0.4) is 0 Å². The summed E-state index contributed by atoms with van der Waals surface area (Å²) in [6.07, 6.45) is 11.3. The summed E-state index contributed by atoms with van der Waals surface area (Å²) in [6, 6.07) is 50.4. The molecule has 0 aliphatic heterocycles. The van der Waals surface area contributed by atoms with Gasteiger partial charge < -0.3 is 0 Å². The first kappa shape index (κ1) is 34.4. The van der Waals surface area contributed by atoms with Gasteiger partial charge in [0.2, 0.25) is 0 Å². The Morgan fingerprint density at radius 3 is 1.23 bits per heavy atom. The van der Waals surface area contributed by atoms with E-state index < -0.39 is 0 Å². The summed E-state index contributed by atoms with van der Waals surface area (Å²) in [7, 11) is 0. The van der Waals surface area contributed by atoms with Gasteiger partial charge in [-0.15, -0.1) is 0 Å². The van der Waals surface area contributed by atoms with Gasteiger partial charge in [-0.3, -0.25) is 29.1 Å². The highest BCUT2D eigenvalue weighted by Gasteiger charge is 2.21. The molecule has 0 radical (unpaired) electrons. The fourth-order valence-corrected chi connectivity index (χ4v) is 10.3. The lowest BCUT2D eigenvalue weighted by molar-refractivity contribution is 1.19. The molecular weight excluding hydrogens is 777 g/mol. The fourth-order valence-electron chi connectivity index (χ4n) is 8.38. The van der Waals surface area contributed by atoms with Crippen LogP contribution in [0.1, 0.15) is 0 Å². The zero-order valence-corrected chi connectivity index (χ0v) is 33.3. The molecule has 8 heterocycles. The van der Waals surface area contributed by atoms with E-state index in [-0.39, 0.29) is 0 Å². The summed E-state index contributed by atoms with van der Waals surface area (Å²) in [6.45, 7) is 0. The number of pyridine rings is 4. The number of rotatable bonds is 7. The molecule has 8 nitrogen and oxygen atoms in total. The second-order valence-corrected chi connectivity index (χ2v) is 16.4. The van der Waals surface area contributed by atoms with Gasteiger partial charge in [0.05, 0.1) is 56.9 Å². The molecule has 10 heteroatoms. The van der Waals surface area contributed by atoms with Crippen LogP contribution in [-0.2, 0) is 0 Å². The molecule has 4 aromatic carbocycles. The van der Waals surface area contributed by atoms with Gasteiger partial charge in [-0.05, 0) is 95.1 Å². The Morgan fingerprint density at radius 1 is 0.350 bits per heavy atom. The topological polar surface area (TPSA) is 87.2 Å². The normalized spacial score (nSPS) is 11.7. The number of fused-ring (bicyclic) bond motifs is 6. The lowest BCUT2D eigenvalue weighted by Crippen LogP contribution is -1.91. The van der Waals surface area contributed by atoms with E-state index in [1.807, 2.05) is 73.6 Å². The van der Waals surface area contributed by atoms with Crippen molar-refractivity contribution in [1.29, 1.82) is 0 Å². The van der Waals surface area contributed by atoms with Crippen molar-refractivity contribution < 1.29 is 0 Å². The van der Waals surface area contributed by atoms with Crippen molar-refractivity contribution in [1.82, 2.24) is 39.0 Å². The number of hydrogen-bond acceptors (Lipinski definition) is 8. The molecule has 60 heavy (non-hydrogen) atoms. The highest BCUT2D eigenvalue weighted by Crippen LogP contribution is 2.42. The van der Waals surface area contributed by atoms with Crippen LogP contribution in [0.15, 0.2) is 183 Å². The Bertz CT molecular complexity index is 3330. The van der Waals surface area contributed by atoms with E-state index in [1.54, 1.807) is 22.7 Å². The van der Waals surface area contributed by atoms with Gasteiger partial charge >= 0.3 is 0 Å². The van der Waals surface area contributed by atoms with Crippen LogP contribution in [0, 0.1) is 0 Å². The van der Waals surface area contributed by atoms with Crippen LogP contribution < -0.4 is 0 Å². The molecule has 0 saturated carbocycles. The molecule has 0 saturated heterocycles. The van der Waals surface area contributed by atoms with E-state index in [4.69, 9.17) is 19.9 Å². The molecule has 0 unspecified atom stereocenters. The molecule has 0 spiro atoms. The Kier molecular flexibility index (Phi) is 8.03. The average Bonchev–Trinajstić information content (AvgIpc) is 4.13. The highest BCUT2D eigenvalue weighted by molar-refractivity contribution is 7.23. The third-order valence-corrected chi connectivity index (χ3v) is 13.1. The maximum atomic E-state index is 4.96. The number of benzene rings is 4. The van der Waals surface area contributed by atoms with Gasteiger partial charge in [-0.2, -0.15) is 0 Å². The average molecular weight is 807 g/mol. The van der Waals surface area contributed by atoms with Crippen molar-refractivity contribution in [2.75, 3.05) is 0 Å². The van der Waals surface area contributed by atoms with Gasteiger partial charge in [0.25, 0.3) is 0 Å².